The van der Waals surface area contributed by atoms with E-state index in [4.69, 9.17) is 37.4 Å². The zero-order valence-electron chi connectivity index (χ0n) is 38.4. The molecule has 0 aliphatic carbocycles. The topological polar surface area (TPSA) is 150 Å². The molecule has 0 fully saturated rings. The minimum absolute atomic E-state index is 0.00149. The number of carboxylic acids is 1. The van der Waals surface area contributed by atoms with Crippen LogP contribution in [-0.2, 0) is 27.5 Å². The van der Waals surface area contributed by atoms with Crippen LogP contribution in [0.4, 0.5) is 11.4 Å². The fourth-order valence-corrected chi connectivity index (χ4v) is 8.05. The number of halogens is 2. The Labute approximate surface area is 409 Å². The normalized spacial score (nSPS) is 10.7. The number of benzene rings is 6. The maximum atomic E-state index is 12.5. The largest absolute Gasteiger partial charge is 0.488 e. The number of amides is 2. The number of nitrogens with one attached hydrogen (secondary N) is 2. The summed E-state index contributed by atoms with van der Waals surface area (Å²) < 4.78 is 21.2. The first-order chi connectivity index (χ1) is 33.2. The molecular formula is C55H48Cl2N4O8. The van der Waals surface area contributed by atoms with Crippen molar-refractivity contribution < 1.29 is 38.5 Å². The van der Waals surface area contributed by atoms with Gasteiger partial charge in [-0.25, -0.2) is 9.59 Å². The van der Waals surface area contributed by atoms with Crippen LogP contribution in [0, 0.1) is 13.8 Å². The van der Waals surface area contributed by atoms with Crippen molar-refractivity contribution in [3.05, 3.63) is 201 Å². The Morgan fingerprint density at radius 3 is 1.36 bits per heavy atom. The van der Waals surface area contributed by atoms with E-state index in [-0.39, 0.29) is 28.6 Å². The Balaban J connectivity index is 0.000000204. The van der Waals surface area contributed by atoms with Crippen molar-refractivity contribution in [2.75, 3.05) is 17.7 Å². The summed E-state index contributed by atoms with van der Waals surface area (Å²) in [5.74, 6) is -0.961. The second kappa shape index (κ2) is 22.2. The van der Waals surface area contributed by atoms with Crippen molar-refractivity contribution in [2.45, 2.75) is 40.9 Å². The first-order valence-corrected chi connectivity index (χ1v) is 22.4. The van der Waals surface area contributed by atoms with E-state index < -0.39 is 11.9 Å². The molecule has 14 heteroatoms. The van der Waals surface area contributed by atoms with Gasteiger partial charge in [-0.05, 0) is 122 Å². The van der Waals surface area contributed by atoms with Crippen LogP contribution in [0.15, 0.2) is 158 Å². The van der Waals surface area contributed by atoms with E-state index in [1.807, 2.05) is 138 Å². The number of carbonyl (C=O) groups excluding carboxylic acids is 3. The average molecular weight is 964 g/mol. The number of esters is 1. The summed E-state index contributed by atoms with van der Waals surface area (Å²) in [6.45, 7) is 7.43. The number of anilines is 2. The molecule has 3 N–H and O–H groups in total. The first kappa shape index (κ1) is 48.9. The Kier molecular flexibility index (Phi) is 15.7. The summed E-state index contributed by atoms with van der Waals surface area (Å²) in [4.78, 5) is 47.5. The van der Waals surface area contributed by atoms with E-state index in [0.717, 1.165) is 50.7 Å². The van der Waals surface area contributed by atoms with Crippen molar-refractivity contribution in [1.82, 2.24) is 9.13 Å². The van der Waals surface area contributed by atoms with Gasteiger partial charge in [-0.3, -0.25) is 9.59 Å². The molecule has 0 atom stereocenters. The van der Waals surface area contributed by atoms with Gasteiger partial charge in [0.15, 0.2) is 0 Å². The van der Waals surface area contributed by atoms with Crippen molar-refractivity contribution in [3.8, 4) is 45.4 Å². The summed E-state index contributed by atoms with van der Waals surface area (Å²) >= 11 is 12.7. The molecule has 2 aromatic heterocycles. The van der Waals surface area contributed by atoms with Crippen molar-refractivity contribution in [3.63, 3.8) is 0 Å². The van der Waals surface area contributed by atoms with E-state index >= 15 is 0 Å². The van der Waals surface area contributed by atoms with Crippen LogP contribution in [-0.4, -0.2) is 45.1 Å². The molecule has 69 heavy (non-hydrogen) atoms. The summed E-state index contributed by atoms with van der Waals surface area (Å²) in [5, 5.41) is 16.1. The molecule has 12 nitrogen and oxygen atoms in total. The quantitative estimate of drug-likeness (QED) is 0.0912. The monoisotopic (exact) mass is 962 g/mol. The molecule has 0 unspecified atom stereocenters. The number of carboxylic acid groups (broad SMARTS) is 1. The highest BCUT2D eigenvalue weighted by Crippen LogP contribution is 2.38. The van der Waals surface area contributed by atoms with E-state index in [9.17, 15) is 24.3 Å². The predicted molar refractivity (Wildman–Crippen MR) is 270 cm³/mol. The molecule has 6 aromatic carbocycles. The Morgan fingerprint density at radius 1 is 0.536 bits per heavy atom. The lowest BCUT2D eigenvalue weighted by Crippen LogP contribution is -2.13. The van der Waals surface area contributed by atoms with Crippen molar-refractivity contribution >= 4 is 58.3 Å². The first-order valence-electron chi connectivity index (χ1n) is 21.7. The molecule has 0 spiro atoms. The number of rotatable bonds is 14. The van der Waals surface area contributed by atoms with Gasteiger partial charge in [-0.15, -0.1) is 0 Å². The van der Waals surface area contributed by atoms with Gasteiger partial charge in [0.05, 0.1) is 41.0 Å². The van der Waals surface area contributed by atoms with Gasteiger partial charge in [-0.1, -0.05) is 83.9 Å². The number of hydrogen-bond acceptors (Lipinski definition) is 7. The third kappa shape index (κ3) is 11.9. The molecule has 0 saturated heterocycles. The summed E-state index contributed by atoms with van der Waals surface area (Å²) in [6.07, 6.45) is 0. The van der Waals surface area contributed by atoms with Crippen LogP contribution in [0.2, 0.25) is 10.0 Å². The van der Waals surface area contributed by atoms with Crippen LogP contribution in [0.1, 0.15) is 57.1 Å². The highest BCUT2D eigenvalue weighted by molar-refractivity contribution is 6.31. The average Bonchev–Trinajstić information content (AvgIpc) is 3.92. The Morgan fingerprint density at radius 2 is 0.957 bits per heavy atom. The van der Waals surface area contributed by atoms with Gasteiger partial charge in [0.1, 0.15) is 24.7 Å². The molecule has 0 saturated carbocycles. The SMILES string of the molecule is CC(=O)Nc1ccc(-n2c(C)ccc2-c2cc(Cl)ccc2OCc2ccccc2)cc1C(=O)O.COC(=O)c1cc(-n2c(C)ccc2-c2cc(Cl)ccc2OCc2ccccc2)ccc1NC(C)=O. The number of aromatic nitrogens is 2. The molecule has 2 heterocycles. The van der Waals surface area contributed by atoms with Gasteiger partial charge in [0.2, 0.25) is 11.8 Å². The van der Waals surface area contributed by atoms with E-state index in [1.54, 1.807) is 42.5 Å². The zero-order chi connectivity index (χ0) is 49.2. The second-order valence-electron chi connectivity index (χ2n) is 15.8. The second-order valence-corrected chi connectivity index (χ2v) is 16.7. The zero-order valence-corrected chi connectivity index (χ0v) is 39.9. The fourth-order valence-electron chi connectivity index (χ4n) is 7.71. The summed E-state index contributed by atoms with van der Waals surface area (Å²) in [6, 6.07) is 48.7. The number of aromatic carboxylic acids is 1. The highest BCUT2D eigenvalue weighted by atomic mass is 35.5. The van der Waals surface area contributed by atoms with Crippen LogP contribution < -0.4 is 20.1 Å². The number of methoxy groups -OCH3 is 1. The number of ether oxygens (including phenoxy) is 3. The van der Waals surface area contributed by atoms with E-state index in [1.165, 1.54) is 21.0 Å². The number of carbonyl (C=O) groups is 4. The molecule has 0 bridgehead atoms. The van der Waals surface area contributed by atoms with Gasteiger partial charge >= 0.3 is 11.9 Å². The third-order valence-corrected chi connectivity index (χ3v) is 11.3. The molecule has 0 aliphatic rings. The van der Waals surface area contributed by atoms with Crippen LogP contribution in [0.3, 0.4) is 0 Å². The number of aryl methyl sites for hydroxylation is 2. The van der Waals surface area contributed by atoms with E-state index in [0.29, 0.717) is 46.1 Å². The number of nitrogens with zero attached hydrogens (tertiary/aromatic N) is 2. The molecular weight excluding hydrogens is 916 g/mol. The standard InChI is InChI=1S/C28H25ClN2O4.C27H23ClN2O4/c1-18-9-13-26(24-15-21(29)10-14-27(24)35-17-20-7-5-4-6-8-20)31(18)22-11-12-25(30-19(2)32)23(16-22)28(33)34-3;1-17-8-12-25(30(17)21-10-11-24(29-18(2)31)22(15-21)27(32)33)23-14-20(28)9-13-26(23)34-16-19-6-4-3-5-7-19/h4-16H,17H2,1-3H3,(H,30,32);3-15H,16H2,1-2H3,(H,29,31)(H,32,33). The smallest absolute Gasteiger partial charge is 0.340 e. The van der Waals surface area contributed by atoms with Crippen molar-refractivity contribution in [1.29, 1.82) is 0 Å². The van der Waals surface area contributed by atoms with Gasteiger partial charge in [0, 0.05) is 57.8 Å². The fraction of sp³-hybridized carbons (Fsp3) is 0.127. The lowest BCUT2D eigenvalue weighted by Gasteiger charge is -2.18. The van der Waals surface area contributed by atoms with Crippen LogP contribution in [0.25, 0.3) is 33.9 Å². The molecule has 8 aromatic rings. The molecule has 8 rings (SSSR count). The minimum Gasteiger partial charge on any atom is -0.488 e. The van der Waals surface area contributed by atoms with Gasteiger partial charge < -0.3 is 39.1 Å². The lowest BCUT2D eigenvalue weighted by molar-refractivity contribution is -0.115. The lowest BCUT2D eigenvalue weighted by atomic mass is 10.1. The van der Waals surface area contributed by atoms with E-state index in [2.05, 4.69) is 10.6 Å². The van der Waals surface area contributed by atoms with Gasteiger partial charge in [0.25, 0.3) is 0 Å². The van der Waals surface area contributed by atoms with Crippen LogP contribution in [0.5, 0.6) is 11.5 Å². The molecule has 2 amide bonds. The predicted octanol–water partition coefficient (Wildman–Crippen LogP) is 12.8. The maximum Gasteiger partial charge on any atom is 0.340 e. The highest BCUT2D eigenvalue weighted by Gasteiger charge is 2.21. The van der Waals surface area contributed by atoms with Crippen molar-refractivity contribution in [2.24, 2.45) is 0 Å². The molecule has 350 valence electrons. The summed E-state index contributed by atoms with van der Waals surface area (Å²) in [7, 11) is 1.31. The third-order valence-electron chi connectivity index (χ3n) is 10.8. The molecule has 0 aliphatic heterocycles. The summed E-state index contributed by atoms with van der Waals surface area (Å²) in [5.41, 5.74) is 9.40. The number of hydrogen-bond donors (Lipinski definition) is 3. The van der Waals surface area contributed by atoms with Crippen LogP contribution >= 0.6 is 23.2 Å². The Bertz CT molecular complexity index is 3170. The minimum atomic E-state index is -1.13. The Hall–Kier alpha value is -8.06. The van der Waals surface area contributed by atoms with Gasteiger partial charge in [-0.2, -0.15) is 0 Å². The maximum absolute atomic E-state index is 12.5. The molecule has 0 radical (unpaired) electrons.